The highest BCUT2D eigenvalue weighted by Crippen LogP contribution is 2.46. The number of pyridine rings is 1. The standard InChI is InChI=1S/C64H73N3O/c1-39-21-23-41(24-22-39)43-27-28-65-54(35-43)46-30-45(33-47(34-46)60(3,4)5)51-19-18-20-56-57(51)66-59(52-37-50(63(12,13)14)38-53(58(52)68)64(15,16)17)67(56)55-26-25-42(29-40(55)2)44-31-48(61(6,7)8)36-49(32-44)62(9,10)11/h18-38,68H,1-17H3/i2D3. The molecule has 0 amide bonds. The first-order valence-electron chi connectivity index (χ1n) is 25.7. The third-order valence-corrected chi connectivity index (χ3v) is 13.5. The van der Waals surface area contributed by atoms with Gasteiger partial charge >= 0.3 is 0 Å². The second kappa shape index (κ2) is 17.1. The van der Waals surface area contributed by atoms with Crippen molar-refractivity contribution < 1.29 is 9.22 Å². The third-order valence-electron chi connectivity index (χ3n) is 13.5. The van der Waals surface area contributed by atoms with Crippen molar-refractivity contribution >= 4 is 11.0 Å². The van der Waals surface area contributed by atoms with Crippen molar-refractivity contribution in [3.63, 3.8) is 0 Å². The molecule has 0 aliphatic carbocycles. The normalized spacial score (nSPS) is 13.7. The molecule has 0 radical (unpaired) electrons. The molecule has 350 valence electrons. The van der Waals surface area contributed by atoms with Crippen LogP contribution in [0.4, 0.5) is 0 Å². The van der Waals surface area contributed by atoms with Gasteiger partial charge in [0.15, 0.2) is 0 Å². The van der Waals surface area contributed by atoms with Gasteiger partial charge in [0.25, 0.3) is 0 Å². The molecule has 6 aromatic carbocycles. The lowest BCUT2D eigenvalue weighted by molar-refractivity contribution is 0.446. The summed E-state index contributed by atoms with van der Waals surface area (Å²) in [7, 11) is 0. The van der Waals surface area contributed by atoms with E-state index in [0.29, 0.717) is 22.6 Å². The highest BCUT2D eigenvalue weighted by molar-refractivity contribution is 5.97. The topological polar surface area (TPSA) is 50.9 Å². The second-order valence-corrected chi connectivity index (χ2v) is 24.2. The van der Waals surface area contributed by atoms with E-state index in [9.17, 15) is 9.22 Å². The minimum absolute atomic E-state index is 0.126. The molecular weight excluding hydrogens is 827 g/mol. The molecule has 1 N–H and O–H groups in total. The Balaban J connectivity index is 1.45. The van der Waals surface area contributed by atoms with Crippen LogP contribution in [0, 0.1) is 13.8 Å². The summed E-state index contributed by atoms with van der Waals surface area (Å²) >= 11 is 0. The molecule has 0 saturated carbocycles. The van der Waals surface area contributed by atoms with Gasteiger partial charge < -0.3 is 5.11 Å². The van der Waals surface area contributed by atoms with E-state index in [1.54, 1.807) is 0 Å². The quantitative estimate of drug-likeness (QED) is 0.181. The molecule has 0 fully saturated rings. The number of para-hydroxylation sites is 1. The lowest BCUT2D eigenvalue weighted by Crippen LogP contribution is -2.17. The zero-order valence-electron chi connectivity index (χ0n) is 46.4. The van der Waals surface area contributed by atoms with Crippen molar-refractivity contribution in [2.45, 2.75) is 145 Å². The molecule has 0 bridgehead atoms. The molecule has 0 unspecified atom stereocenters. The van der Waals surface area contributed by atoms with Crippen LogP contribution in [0.15, 0.2) is 128 Å². The fraction of sp³-hybridized carbons (Fsp3) is 0.344. The summed E-state index contributed by atoms with van der Waals surface area (Å²) in [6.07, 6.45) is 1.88. The third kappa shape index (κ3) is 9.57. The maximum atomic E-state index is 12.6. The molecule has 0 aliphatic rings. The highest BCUT2D eigenvalue weighted by Gasteiger charge is 2.30. The van der Waals surface area contributed by atoms with E-state index in [2.05, 4.69) is 196 Å². The smallest absolute Gasteiger partial charge is 0.149 e. The fourth-order valence-corrected chi connectivity index (χ4v) is 9.02. The van der Waals surface area contributed by atoms with Crippen molar-refractivity contribution in [2.75, 3.05) is 0 Å². The van der Waals surface area contributed by atoms with Crippen LogP contribution in [0.25, 0.3) is 72.7 Å². The Labute approximate surface area is 411 Å². The summed E-state index contributed by atoms with van der Waals surface area (Å²) in [5.41, 5.74) is 15.7. The van der Waals surface area contributed by atoms with Crippen LogP contribution in [-0.4, -0.2) is 19.6 Å². The number of nitrogens with zero attached hydrogens (tertiary/aromatic N) is 3. The van der Waals surface area contributed by atoms with Gasteiger partial charge in [-0.2, -0.15) is 0 Å². The Morgan fingerprint density at radius 1 is 0.485 bits per heavy atom. The molecule has 0 spiro atoms. The number of hydrogen-bond acceptors (Lipinski definition) is 3. The zero-order chi connectivity index (χ0) is 52.0. The molecule has 68 heavy (non-hydrogen) atoms. The van der Waals surface area contributed by atoms with Crippen LogP contribution >= 0.6 is 0 Å². The minimum Gasteiger partial charge on any atom is -0.507 e. The second-order valence-electron chi connectivity index (χ2n) is 24.2. The first-order valence-corrected chi connectivity index (χ1v) is 24.2. The number of hydrogen-bond donors (Lipinski definition) is 1. The monoisotopic (exact) mass is 903 g/mol. The number of aryl methyl sites for hydroxylation is 2. The minimum atomic E-state index is -2.52. The van der Waals surface area contributed by atoms with E-state index in [0.717, 1.165) is 66.8 Å². The molecule has 4 heteroatoms. The number of aromatic hydroxyl groups is 1. The number of phenolic OH excluding ortho intramolecular Hbond substituents is 1. The first kappa shape index (κ1) is 44.3. The average molecular weight is 903 g/mol. The molecule has 2 aromatic heterocycles. The van der Waals surface area contributed by atoms with Crippen molar-refractivity contribution in [2.24, 2.45) is 0 Å². The number of fused-ring (bicyclic) bond motifs is 1. The van der Waals surface area contributed by atoms with E-state index in [-0.39, 0.29) is 33.0 Å². The average Bonchev–Trinajstić information content (AvgIpc) is 3.66. The molecule has 8 rings (SSSR count). The molecular formula is C64H73N3O. The lowest BCUT2D eigenvalue weighted by atomic mass is 9.78. The molecule has 0 saturated heterocycles. The molecule has 2 heterocycles. The zero-order valence-corrected chi connectivity index (χ0v) is 43.4. The number of aromatic nitrogens is 3. The van der Waals surface area contributed by atoms with E-state index in [1.807, 2.05) is 47.2 Å². The maximum absolute atomic E-state index is 12.6. The Bertz CT molecular complexity index is 3290. The van der Waals surface area contributed by atoms with Gasteiger partial charge in [-0.15, -0.1) is 0 Å². The fourth-order valence-electron chi connectivity index (χ4n) is 9.02. The SMILES string of the molecule is [2H]C([2H])([2H])c1cc(-c2cc(C(C)(C)C)cc(C(C)(C)C)c2)ccc1-n1c(-c2cc(C(C)(C)C)cc(C(C)(C)C)c2O)nc2c(-c3cc(-c4cc(-c5ccc(C)cc5)ccn4)cc(C(C)(C)C)c3)cccc21. The summed E-state index contributed by atoms with van der Waals surface area (Å²) in [5, 5.41) is 12.6. The molecule has 8 aromatic rings. The van der Waals surface area contributed by atoms with Crippen LogP contribution in [-0.2, 0) is 27.1 Å². The largest absolute Gasteiger partial charge is 0.507 e. The molecule has 4 nitrogen and oxygen atoms in total. The predicted molar refractivity (Wildman–Crippen MR) is 291 cm³/mol. The maximum Gasteiger partial charge on any atom is 0.149 e. The van der Waals surface area contributed by atoms with Crippen molar-refractivity contribution in [3.05, 3.63) is 166 Å². The number of rotatable bonds is 6. The Kier molecular flexibility index (Phi) is 11.1. The predicted octanol–water partition coefficient (Wildman–Crippen LogP) is 17.6. The van der Waals surface area contributed by atoms with Gasteiger partial charge in [-0.1, -0.05) is 182 Å². The van der Waals surface area contributed by atoms with Gasteiger partial charge in [0.05, 0.1) is 28.0 Å². The van der Waals surface area contributed by atoms with Gasteiger partial charge in [0, 0.05) is 27.0 Å². The summed E-state index contributed by atoms with van der Waals surface area (Å²) in [5.74, 6) is 0.588. The molecule has 0 atom stereocenters. The first-order chi connectivity index (χ1) is 32.8. The molecule has 0 aliphatic heterocycles. The highest BCUT2D eigenvalue weighted by atomic mass is 16.3. The van der Waals surface area contributed by atoms with Crippen LogP contribution in [0.5, 0.6) is 5.75 Å². The Hall–Kier alpha value is -6.26. The van der Waals surface area contributed by atoms with Crippen molar-refractivity contribution in [3.8, 4) is 67.5 Å². The van der Waals surface area contributed by atoms with E-state index in [1.165, 1.54) is 16.7 Å². The van der Waals surface area contributed by atoms with Gasteiger partial charge in [-0.25, -0.2) is 4.98 Å². The van der Waals surface area contributed by atoms with Crippen LogP contribution < -0.4 is 0 Å². The number of imidazole rings is 1. The van der Waals surface area contributed by atoms with Crippen molar-refractivity contribution in [1.82, 2.24) is 14.5 Å². The van der Waals surface area contributed by atoms with E-state index in [4.69, 9.17) is 9.97 Å². The van der Waals surface area contributed by atoms with Gasteiger partial charge in [-0.3, -0.25) is 9.55 Å². The van der Waals surface area contributed by atoms with Crippen LogP contribution in [0.3, 0.4) is 0 Å². The van der Waals surface area contributed by atoms with Crippen LogP contribution in [0.1, 0.15) is 147 Å². The summed E-state index contributed by atoms with van der Waals surface area (Å²) in [6, 6.07) is 42.3. The number of benzene rings is 6. The summed E-state index contributed by atoms with van der Waals surface area (Å²) in [4.78, 5) is 10.5. The number of phenols is 1. The van der Waals surface area contributed by atoms with Crippen molar-refractivity contribution in [1.29, 1.82) is 0 Å². The van der Waals surface area contributed by atoms with Gasteiger partial charge in [0.2, 0.25) is 0 Å². The lowest BCUT2D eigenvalue weighted by Gasteiger charge is -2.27. The Morgan fingerprint density at radius 3 is 1.65 bits per heavy atom. The van der Waals surface area contributed by atoms with E-state index >= 15 is 0 Å². The summed E-state index contributed by atoms with van der Waals surface area (Å²) < 4.78 is 29.6. The van der Waals surface area contributed by atoms with Gasteiger partial charge in [0.1, 0.15) is 11.6 Å². The summed E-state index contributed by atoms with van der Waals surface area (Å²) in [6.45, 7) is 32.4. The van der Waals surface area contributed by atoms with E-state index < -0.39 is 12.3 Å². The van der Waals surface area contributed by atoms with Crippen LogP contribution in [0.2, 0.25) is 0 Å². The van der Waals surface area contributed by atoms with Gasteiger partial charge in [-0.05, 0) is 145 Å². The Morgan fingerprint density at radius 2 is 1.04 bits per heavy atom.